The summed E-state index contributed by atoms with van der Waals surface area (Å²) in [6.07, 6.45) is -0.447. The van der Waals surface area contributed by atoms with Crippen molar-refractivity contribution in [3.63, 3.8) is 0 Å². The van der Waals surface area contributed by atoms with Crippen molar-refractivity contribution in [1.29, 1.82) is 0 Å². The first kappa shape index (κ1) is 16.0. The van der Waals surface area contributed by atoms with Crippen molar-refractivity contribution in [1.82, 2.24) is 4.90 Å². The van der Waals surface area contributed by atoms with E-state index in [0.29, 0.717) is 5.69 Å². The van der Waals surface area contributed by atoms with Crippen molar-refractivity contribution in [2.24, 2.45) is 0 Å². The van der Waals surface area contributed by atoms with E-state index in [1.54, 1.807) is 38.2 Å². The van der Waals surface area contributed by atoms with Gasteiger partial charge in [-0.05, 0) is 24.6 Å². The molecule has 0 aromatic heterocycles. The van der Waals surface area contributed by atoms with Gasteiger partial charge in [0.05, 0.1) is 19.6 Å². The van der Waals surface area contributed by atoms with E-state index in [2.05, 4.69) is 10.1 Å². The molecule has 6 nitrogen and oxygen atoms in total. The summed E-state index contributed by atoms with van der Waals surface area (Å²) < 4.78 is 4.52. The van der Waals surface area contributed by atoms with Crippen molar-refractivity contribution >= 4 is 17.7 Å². The van der Waals surface area contributed by atoms with Crippen LogP contribution in [0, 0.1) is 0 Å². The summed E-state index contributed by atoms with van der Waals surface area (Å²) in [6, 6.07) is 6.65. The van der Waals surface area contributed by atoms with Crippen LogP contribution < -0.4 is 5.32 Å². The SMILES string of the molecule is COC(=O)CCN(C)C(=O)Nc1cccc(C(C)O)c1. The Morgan fingerprint density at radius 1 is 1.45 bits per heavy atom. The lowest BCUT2D eigenvalue weighted by molar-refractivity contribution is -0.140. The molecule has 20 heavy (non-hydrogen) atoms. The maximum absolute atomic E-state index is 11.9. The van der Waals surface area contributed by atoms with Crippen LogP contribution in [0.5, 0.6) is 0 Å². The number of benzene rings is 1. The number of anilines is 1. The second kappa shape index (κ2) is 7.49. The largest absolute Gasteiger partial charge is 0.469 e. The lowest BCUT2D eigenvalue weighted by Gasteiger charge is -2.17. The average Bonchev–Trinajstić information content (AvgIpc) is 2.44. The molecule has 0 saturated carbocycles. The normalized spacial score (nSPS) is 11.6. The van der Waals surface area contributed by atoms with Crippen LogP contribution >= 0.6 is 0 Å². The van der Waals surface area contributed by atoms with Crippen LogP contribution in [0.4, 0.5) is 10.5 Å². The Labute approximate surface area is 118 Å². The van der Waals surface area contributed by atoms with Gasteiger partial charge in [-0.25, -0.2) is 4.79 Å². The maximum atomic E-state index is 11.9. The predicted octanol–water partition coefficient (Wildman–Crippen LogP) is 1.77. The van der Waals surface area contributed by atoms with Crippen molar-refractivity contribution in [2.75, 3.05) is 26.0 Å². The molecule has 0 aliphatic heterocycles. The third kappa shape index (κ3) is 4.89. The average molecular weight is 280 g/mol. The molecule has 6 heteroatoms. The Balaban J connectivity index is 2.57. The van der Waals surface area contributed by atoms with Crippen molar-refractivity contribution in [2.45, 2.75) is 19.4 Å². The van der Waals surface area contributed by atoms with Crippen LogP contribution in [0.3, 0.4) is 0 Å². The van der Waals surface area contributed by atoms with E-state index >= 15 is 0 Å². The minimum absolute atomic E-state index is 0.147. The fourth-order valence-corrected chi connectivity index (χ4v) is 1.56. The molecule has 1 atom stereocenters. The number of rotatable bonds is 5. The fraction of sp³-hybridized carbons (Fsp3) is 0.429. The van der Waals surface area contributed by atoms with Crippen molar-refractivity contribution < 1.29 is 19.4 Å². The molecular weight excluding hydrogens is 260 g/mol. The van der Waals surface area contributed by atoms with Crippen molar-refractivity contribution in [3.8, 4) is 0 Å². The summed E-state index contributed by atoms with van der Waals surface area (Å²) in [6.45, 7) is 1.93. The molecule has 0 fully saturated rings. The minimum atomic E-state index is -0.594. The number of aliphatic hydroxyl groups excluding tert-OH is 1. The molecule has 2 amide bonds. The third-order valence-corrected chi connectivity index (χ3v) is 2.85. The quantitative estimate of drug-likeness (QED) is 0.806. The molecule has 1 unspecified atom stereocenters. The highest BCUT2D eigenvalue weighted by molar-refractivity contribution is 5.89. The number of aliphatic hydroxyl groups is 1. The van der Waals surface area contributed by atoms with E-state index in [4.69, 9.17) is 0 Å². The van der Waals surface area contributed by atoms with Crippen LogP contribution in [0.2, 0.25) is 0 Å². The van der Waals surface area contributed by atoms with Gasteiger partial charge in [-0.1, -0.05) is 12.1 Å². The second-order valence-electron chi connectivity index (χ2n) is 4.48. The lowest BCUT2D eigenvalue weighted by atomic mass is 10.1. The van der Waals surface area contributed by atoms with Gasteiger partial charge in [0.25, 0.3) is 0 Å². The van der Waals surface area contributed by atoms with Gasteiger partial charge < -0.3 is 20.1 Å². The third-order valence-electron chi connectivity index (χ3n) is 2.85. The molecule has 0 radical (unpaired) electrons. The molecule has 2 N–H and O–H groups in total. The number of esters is 1. The molecule has 1 aromatic carbocycles. The van der Waals surface area contributed by atoms with E-state index < -0.39 is 6.10 Å². The minimum Gasteiger partial charge on any atom is -0.469 e. The molecule has 1 rings (SSSR count). The van der Waals surface area contributed by atoms with Crippen LogP contribution in [-0.4, -0.2) is 42.7 Å². The number of carbonyl (C=O) groups excluding carboxylic acids is 2. The molecular formula is C14H20N2O4. The molecule has 0 aliphatic carbocycles. The fourth-order valence-electron chi connectivity index (χ4n) is 1.56. The van der Waals surface area contributed by atoms with Gasteiger partial charge >= 0.3 is 12.0 Å². The highest BCUT2D eigenvalue weighted by Gasteiger charge is 2.11. The highest BCUT2D eigenvalue weighted by Crippen LogP contribution is 2.17. The number of urea groups is 1. The van der Waals surface area contributed by atoms with E-state index in [0.717, 1.165) is 5.56 Å². The van der Waals surface area contributed by atoms with Gasteiger partial charge in [0.15, 0.2) is 0 Å². The summed E-state index contributed by atoms with van der Waals surface area (Å²) >= 11 is 0. The Bertz CT molecular complexity index is 474. The maximum Gasteiger partial charge on any atom is 0.321 e. The Hall–Kier alpha value is -2.08. The van der Waals surface area contributed by atoms with Gasteiger partial charge in [-0.3, -0.25) is 4.79 Å². The number of amides is 2. The zero-order chi connectivity index (χ0) is 15.1. The van der Waals surface area contributed by atoms with E-state index in [9.17, 15) is 14.7 Å². The summed E-state index contributed by atoms with van der Waals surface area (Å²) in [5.74, 6) is -0.360. The van der Waals surface area contributed by atoms with Gasteiger partial charge in [0, 0.05) is 19.3 Å². The van der Waals surface area contributed by atoms with E-state index in [1.165, 1.54) is 12.0 Å². The number of nitrogens with zero attached hydrogens (tertiary/aromatic N) is 1. The lowest BCUT2D eigenvalue weighted by Crippen LogP contribution is -2.33. The van der Waals surface area contributed by atoms with Crippen LogP contribution in [0.15, 0.2) is 24.3 Å². The standard InChI is InChI=1S/C14H20N2O4/c1-10(17)11-5-4-6-12(9-11)15-14(19)16(2)8-7-13(18)20-3/h4-6,9-10,17H,7-8H2,1-3H3,(H,15,19). The Morgan fingerprint density at radius 2 is 2.15 bits per heavy atom. The summed E-state index contributed by atoms with van der Waals surface area (Å²) in [4.78, 5) is 24.3. The Morgan fingerprint density at radius 3 is 2.75 bits per heavy atom. The second-order valence-corrected chi connectivity index (χ2v) is 4.48. The van der Waals surface area contributed by atoms with Crippen LogP contribution in [0.25, 0.3) is 0 Å². The monoisotopic (exact) mass is 280 g/mol. The molecule has 0 bridgehead atoms. The molecule has 0 heterocycles. The highest BCUT2D eigenvalue weighted by atomic mass is 16.5. The molecule has 0 aliphatic rings. The topological polar surface area (TPSA) is 78.9 Å². The first-order valence-electron chi connectivity index (χ1n) is 6.31. The number of methoxy groups -OCH3 is 1. The van der Waals surface area contributed by atoms with E-state index in [-0.39, 0.29) is 25.0 Å². The number of hydrogen-bond donors (Lipinski definition) is 2. The number of ether oxygens (including phenoxy) is 1. The number of carbonyl (C=O) groups is 2. The molecule has 0 saturated heterocycles. The van der Waals surface area contributed by atoms with Gasteiger partial charge in [-0.15, -0.1) is 0 Å². The Kier molecular flexibility index (Phi) is 5.99. The van der Waals surface area contributed by atoms with E-state index in [1.807, 2.05) is 0 Å². The first-order chi connectivity index (χ1) is 9.43. The summed E-state index contributed by atoms with van der Waals surface area (Å²) in [7, 11) is 2.90. The molecule has 0 spiro atoms. The van der Waals surface area contributed by atoms with Gasteiger partial charge in [0.1, 0.15) is 0 Å². The molecule has 110 valence electrons. The smallest absolute Gasteiger partial charge is 0.321 e. The van der Waals surface area contributed by atoms with Gasteiger partial charge in [0.2, 0.25) is 0 Å². The van der Waals surface area contributed by atoms with Crippen molar-refractivity contribution in [3.05, 3.63) is 29.8 Å². The summed E-state index contributed by atoms with van der Waals surface area (Å²) in [5, 5.41) is 12.2. The first-order valence-corrected chi connectivity index (χ1v) is 6.31. The molecule has 1 aromatic rings. The van der Waals surface area contributed by atoms with Crippen LogP contribution in [-0.2, 0) is 9.53 Å². The number of nitrogens with one attached hydrogen (secondary N) is 1. The zero-order valence-electron chi connectivity index (χ0n) is 11.9. The summed E-state index contributed by atoms with van der Waals surface area (Å²) in [5.41, 5.74) is 1.32. The van der Waals surface area contributed by atoms with Crippen LogP contribution in [0.1, 0.15) is 25.0 Å². The predicted molar refractivity (Wildman–Crippen MR) is 75.4 cm³/mol. The number of hydrogen-bond acceptors (Lipinski definition) is 4. The zero-order valence-corrected chi connectivity index (χ0v) is 11.9. The van der Waals surface area contributed by atoms with Gasteiger partial charge in [-0.2, -0.15) is 0 Å².